The van der Waals surface area contributed by atoms with Crippen molar-refractivity contribution in [3.8, 4) is 0 Å². The number of allylic oxidation sites excluding steroid dienone is 1. The predicted octanol–water partition coefficient (Wildman–Crippen LogP) is -0.0665. The van der Waals surface area contributed by atoms with Crippen LogP contribution in [0.5, 0.6) is 0 Å². The molecular weight excluding hydrogens is 94.0 g/mol. The van der Waals surface area contributed by atoms with Crippen LogP contribution < -0.4 is 5.73 Å². The number of hydrogen-bond donors (Lipinski definition) is 2. The lowest BCUT2D eigenvalue weighted by molar-refractivity contribution is -0.116. The van der Waals surface area contributed by atoms with Crippen molar-refractivity contribution in [2.45, 2.75) is 6.92 Å². The molecule has 0 aromatic heterocycles. The van der Waals surface area contributed by atoms with Crippen molar-refractivity contribution in [1.29, 1.82) is 0 Å². The van der Waals surface area contributed by atoms with Crippen molar-refractivity contribution < 1.29 is 9.90 Å². The number of carbonyl (C=O) groups excluding carboxylic acids is 1. The lowest BCUT2D eigenvalue weighted by Crippen LogP contribution is -2.12. The second kappa shape index (κ2) is 2.23. The maximum atomic E-state index is 9.83. The second-order valence-corrected chi connectivity index (χ2v) is 1.04. The summed E-state index contributed by atoms with van der Waals surface area (Å²) in [7, 11) is 0. The molecule has 0 atom stereocenters. The third kappa shape index (κ3) is 1.81. The molecule has 0 saturated heterocycles. The summed E-state index contributed by atoms with van der Waals surface area (Å²) < 4.78 is 0. The minimum atomic E-state index is -0.789. The molecule has 0 heterocycles. The molecule has 0 radical (unpaired) electrons. The smallest absolute Gasteiger partial charge is 0.283 e. The monoisotopic (exact) mass is 101 g/mol. The summed E-state index contributed by atoms with van der Waals surface area (Å²) in [6.07, 6.45) is 1.24. The molecule has 3 N–H and O–H groups in total. The van der Waals surface area contributed by atoms with Gasteiger partial charge in [-0.2, -0.15) is 0 Å². The summed E-state index contributed by atoms with van der Waals surface area (Å²) in [5.41, 5.74) is 4.59. The summed E-state index contributed by atoms with van der Waals surface area (Å²) in [5.74, 6) is -1.18. The topological polar surface area (TPSA) is 63.3 Å². The highest BCUT2D eigenvalue weighted by atomic mass is 16.3. The summed E-state index contributed by atoms with van der Waals surface area (Å²) in [5, 5.41) is 8.32. The molecule has 7 heavy (non-hydrogen) atoms. The molecule has 3 heteroatoms. The Kier molecular flexibility index (Phi) is 1.91. The summed E-state index contributed by atoms with van der Waals surface area (Å²) >= 11 is 0. The van der Waals surface area contributed by atoms with Gasteiger partial charge in [-0.05, 0) is 13.0 Å². The van der Waals surface area contributed by atoms with E-state index in [0.29, 0.717) is 0 Å². The summed E-state index contributed by atoms with van der Waals surface area (Å²) in [6.45, 7) is 1.53. The largest absolute Gasteiger partial charge is 0.503 e. The van der Waals surface area contributed by atoms with Crippen LogP contribution in [0.3, 0.4) is 0 Å². The standard InChI is InChI=1S/C4H7NO2/c1-2-3(6)4(5)7/h2,6H,1H3,(H2,5,7). The number of amides is 1. The highest BCUT2D eigenvalue weighted by Gasteiger charge is 1.94. The molecule has 0 aliphatic carbocycles. The van der Waals surface area contributed by atoms with E-state index in [2.05, 4.69) is 5.73 Å². The Morgan fingerprint density at radius 2 is 2.29 bits per heavy atom. The minimum absolute atomic E-state index is 0.389. The quantitative estimate of drug-likeness (QED) is 0.359. The minimum Gasteiger partial charge on any atom is -0.503 e. The van der Waals surface area contributed by atoms with Crippen molar-refractivity contribution >= 4 is 5.91 Å². The van der Waals surface area contributed by atoms with Gasteiger partial charge in [0.25, 0.3) is 5.91 Å². The molecular formula is C4H7NO2. The molecule has 0 saturated carbocycles. The molecule has 0 unspecified atom stereocenters. The Balaban J connectivity index is 3.82. The van der Waals surface area contributed by atoms with Crippen LogP contribution in [0.15, 0.2) is 11.8 Å². The van der Waals surface area contributed by atoms with Crippen LogP contribution in [-0.2, 0) is 4.79 Å². The SMILES string of the molecule is CC=C(O)C(N)=O. The molecule has 0 aliphatic heterocycles. The number of hydrogen-bond acceptors (Lipinski definition) is 2. The van der Waals surface area contributed by atoms with Crippen molar-refractivity contribution in [2.75, 3.05) is 0 Å². The normalized spacial score (nSPS) is 11.3. The lowest BCUT2D eigenvalue weighted by Gasteiger charge is -1.85. The lowest BCUT2D eigenvalue weighted by atomic mass is 10.4. The van der Waals surface area contributed by atoms with E-state index in [0.717, 1.165) is 0 Å². The Morgan fingerprint density at radius 1 is 1.86 bits per heavy atom. The highest BCUT2D eigenvalue weighted by Crippen LogP contribution is 1.80. The van der Waals surface area contributed by atoms with Crippen molar-refractivity contribution in [3.63, 3.8) is 0 Å². The molecule has 0 aromatic rings. The predicted molar refractivity (Wildman–Crippen MR) is 25.6 cm³/mol. The van der Waals surface area contributed by atoms with Crippen LogP contribution in [-0.4, -0.2) is 11.0 Å². The molecule has 0 aromatic carbocycles. The van der Waals surface area contributed by atoms with Crippen LogP contribution in [0.2, 0.25) is 0 Å². The van der Waals surface area contributed by atoms with Crippen LogP contribution in [0.4, 0.5) is 0 Å². The van der Waals surface area contributed by atoms with E-state index >= 15 is 0 Å². The average Bonchev–Trinajstić information content (AvgIpc) is 1.65. The highest BCUT2D eigenvalue weighted by molar-refractivity contribution is 5.89. The first-order chi connectivity index (χ1) is 3.18. The van der Waals surface area contributed by atoms with Crippen LogP contribution >= 0.6 is 0 Å². The van der Waals surface area contributed by atoms with E-state index in [9.17, 15) is 4.79 Å². The van der Waals surface area contributed by atoms with Gasteiger partial charge in [0.1, 0.15) is 0 Å². The van der Waals surface area contributed by atoms with Gasteiger partial charge < -0.3 is 10.8 Å². The Hall–Kier alpha value is -0.990. The Bertz CT molecular complexity index is 106. The number of rotatable bonds is 1. The maximum absolute atomic E-state index is 9.83. The number of nitrogens with two attached hydrogens (primary N) is 1. The first kappa shape index (κ1) is 6.01. The molecule has 40 valence electrons. The van der Waals surface area contributed by atoms with Gasteiger partial charge in [0, 0.05) is 0 Å². The third-order valence-electron chi connectivity index (χ3n) is 0.526. The summed E-state index contributed by atoms with van der Waals surface area (Å²) in [6, 6.07) is 0. The van der Waals surface area contributed by atoms with Gasteiger partial charge >= 0.3 is 0 Å². The average molecular weight is 101 g/mol. The van der Waals surface area contributed by atoms with E-state index in [-0.39, 0.29) is 5.76 Å². The van der Waals surface area contributed by atoms with Gasteiger partial charge in [-0.15, -0.1) is 0 Å². The molecule has 0 bridgehead atoms. The molecule has 0 aliphatic rings. The van der Waals surface area contributed by atoms with Crippen LogP contribution in [0.25, 0.3) is 0 Å². The molecule has 1 amide bonds. The molecule has 0 rings (SSSR count). The van der Waals surface area contributed by atoms with E-state index in [1.165, 1.54) is 13.0 Å². The zero-order valence-electron chi connectivity index (χ0n) is 4.01. The summed E-state index contributed by atoms with van der Waals surface area (Å²) in [4.78, 5) is 9.83. The fourth-order valence-electron chi connectivity index (χ4n) is 0.142. The van der Waals surface area contributed by atoms with Gasteiger partial charge in [0.2, 0.25) is 0 Å². The van der Waals surface area contributed by atoms with E-state index in [1.807, 2.05) is 0 Å². The fourth-order valence-corrected chi connectivity index (χ4v) is 0.142. The van der Waals surface area contributed by atoms with Gasteiger partial charge in [-0.3, -0.25) is 4.79 Å². The van der Waals surface area contributed by atoms with E-state index < -0.39 is 5.91 Å². The molecule has 0 fully saturated rings. The van der Waals surface area contributed by atoms with Crippen molar-refractivity contribution in [3.05, 3.63) is 11.8 Å². The zero-order valence-corrected chi connectivity index (χ0v) is 4.01. The van der Waals surface area contributed by atoms with E-state index in [4.69, 9.17) is 5.11 Å². The molecule has 0 spiro atoms. The Morgan fingerprint density at radius 3 is 2.29 bits per heavy atom. The van der Waals surface area contributed by atoms with Gasteiger partial charge in [0.15, 0.2) is 5.76 Å². The molecule has 3 nitrogen and oxygen atoms in total. The Labute approximate surface area is 41.4 Å². The third-order valence-corrected chi connectivity index (χ3v) is 0.526. The van der Waals surface area contributed by atoms with Gasteiger partial charge in [-0.25, -0.2) is 0 Å². The van der Waals surface area contributed by atoms with Crippen LogP contribution in [0, 0.1) is 0 Å². The fraction of sp³-hybridized carbons (Fsp3) is 0.250. The number of carbonyl (C=O) groups is 1. The van der Waals surface area contributed by atoms with Gasteiger partial charge in [0.05, 0.1) is 0 Å². The van der Waals surface area contributed by atoms with Crippen LogP contribution in [0.1, 0.15) is 6.92 Å². The zero-order chi connectivity index (χ0) is 5.86. The van der Waals surface area contributed by atoms with Gasteiger partial charge in [-0.1, -0.05) is 0 Å². The van der Waals surface area contributed by atoms with Crippen molar-refractivity contribution in [2.24, 2.45) is 5.73 Å². The number of aliphatic hydroxyl groups is 1. The van der Waals surface area contributed by atoms with E-state index in [1.54, 1.807) is 0 Å². The second-order valence-electron chi connectivity index (χ2n) is 1.04. The maximum Gasteiger partial charge on any atom is 0.283 e. The first-order valence-electron chi connectivity index (χ1n) is 1.83. The number of primary amides is 1. The first-order valence-corrected chi connectivity index (χ1v) is 1.83. The number of aliphatic hydroxyl groups excluding tert-OH is 1. The van der Waals surface area contributed by atoms with Crippen molar-refractivity contribution in [1.82, 2.24) is 0 Å².